The predicted molar refractivity (Wildman–Crippen MR) is 196 cm³/mol. The van der Waals surface area contributed by atoms with E-state index in [0.29, 0.717) is 22.2 Å². The van der Waals surface area contributed by atoms with Crippen molar-refractivity contribution in [3.05, 3.63) is 0 Å². The van der Waals surface area contributed by atoms with E-state index in [-0.39, 0.29) is 14.9 Å². The minimum Gasteiger partial charge on any atom is -0.380 e. The van der Waals surface area contributed by atoms with Crippen molar-refractivity contribution >= 4 is 0 Å². The number of ether oxygens (including phenoxy) is 1. The molecule has 4 fully saturated rings. The first kappa shape index (κ1) is 44.9. The summed E-state index contributed by atoms with van der Waals surface area (Å²) >= 11 is 0. The fraction of sp³-hybridized carbons (Fsp3) is 1.00. The minimum absolute atomic E-state index is 0. The van der Waals surface area contributed by atoms with Gasteiger partial charge >= 0.3 is 0 Å². The predicted octanol–water partition coefficient (Wildman–Crippen LogP) is 9.30. The Morgan fingerprint density at radius 2 is 0.791 bits per heavy atom. The molecule has 0 aromatic rings. The summed E-state index contributed by atoms with van der Waals surface area (Å²) in [5.74, 6) is 1.89. The SMILES string of the molecule is C.C.CC(C)(C)N1CCCCC1.CC(C)(C)N1CCCOCC1.CC1CCN(C(C)(C)C)CC1.CC1CN(C(C)(C)C)C1. The van der Waals surface area contributed by atoms with Crippen LogP contribution in [0.2, 0.25) is 0 Å². The molecule has 0 aromatic carbocycles. The highest BCUT2D eigenvalue weighted by Crippen LogP contribution is 2.24. The molecule has 0 bridgehead atoms. The molecular weight excluding hydrogens is 528 g/mol. The van der Waals surface area contributed by atoms with E-state index in [9.17, 15) is 0 Å². The van der Waals surface area contributed by atoms with Crippen LogP contribution in [-0.2, 0) is 4.74 Å². The Morgan fingerprint density at radius 3 is 1.14 bits per heavy atom. The maximum Gasteiger partial charge on any atom is 0.0593 e. The average molecular weight is 613 g/mol. The highest BCUT2D eigenvalue weighted by Gasteiger charge is 2.31. The lowest BCUT2D eigenvalue weighted by molar-refractivity contribution is 0.0224. The molecule has 262 valence electrons. The van der Waals surface area contributed by atoms with Crippen LogP contribution in [0.15, 0.2) is 0 Å². The standard InChI is InChI=1S/C10H21N.C9H19NO.C9H19N.C8H17N.2CH4/c1-9-5-7-11(8-6-9)10(2,3)4;1-9(2,3)10-5-4-7-11-8-6-10;1-9(2,3)10-7-5-4-6-8-10;1-7-5-9(6-7)8(2,3)4;;/h9H,5-8H2,1-4H3;4-8H2,1-3H3;4-8H2,1-3H3;7H,5-6H2,1-4H3;2*1H4. The third-order valence-electron chi connectivity index (χ3n) is 9.22. The summed E-state index contributed by atoms with van der Waals surface area (Å²) in [6.45, 7) is 44.0. The van der Waals surface area contributed by atoms with Crippen LogP contribution in [0.1, 0.15) is 150 Å². The molecule has 0 aromatic heterocycles. The van der Waals surface area contributed by atoms with Crippen LogP contribution >= 0.6 is 0 Å². The average Bonchev–Trinajstić information content (AvgIpc) is 3.13. The van der Waals surface area contributed by atoms with E-state index >= 15 is 0 Å². The van der Waals surface area contributed by atoms with Crippen molar-refractivity contribution in [1.82, 2.24) is 19.6 Å². The number of rotatable bonds is 0. The van der Waals surface area contributed by atoms with Gasteiger partial charge in [0.2, 0.25) is 0 Å². The maximum absolute atomic E-state index is 5.38. The largest absolute Gasteiger partial charge is 0.380 e. The minimum atomic E-state index is 0. The summed E-state index contributed by atoms with van der Waals surface area (Å²) in [6.07, 6.45) is 8.19. The third kappa shape index (κ3) is 19.2. The lowest BCUT2D eigenvalue weighted by Crippen LogP contribution is -2.54. The maximum atomic E-state index is 5.38. The topological polar surface area (TPSA) is 22.2 Å². The third-order valence-corrected chi connectivity index (χ3v) is 9.22. The Morgan fingerprint density at radius 1 is 0.419 bits per heavy atom. The fourth-order valence-electron chi connectivity index (χ4n) is 5.91. The first-order valence-electron chi connectivity index (χ1n) is 17.3. The van der Waals surface area contributed by atoms with Crippen molar-refractivity contribution in [2.75, 3.05) is 65.6 Å². The fourth-order valence-corrected chi connectivity index (χ4v) is 5.91. The monoisotopic (exact) mass is 613 g/mol. The van der Waals surface area contributed by atoms with E-state index in [1.54, 1.807) is 0 Å². The zero-order valence-corrected chi connectivity index (χ0v) is 30.7. The number of piperidine rings is 2. The molecule has 0 aliphatic carbocycles. The molecule has 0 spiro atoms. The molecule has 0 radical (unpaired) electrons. The zero-order chi connectivity index (χ0) is 31.5. The number of hydrogen-bond acceptors (Lipinski definition) is 5. The molecule has 4 heterocycles. The molecule has 5 nitrogen and oxygen atoms in total. The van der Waals surface area contributed by atoms with Crippen LogP contribution in [0.25, 0.3) is 0 Å². The summed E-state index contributed by atoms with van der Waals surface area (Å²) in [5, 5.41) is 0. The molecule has 0 amide bonds. The molecule has 0 unspecified atom stereocenters. The first-order valence-corrected chi connectivity index (χ1v) is 17.3. The lowest BCUT2D eigenvalue weighted by atomic mass is 9.94. The van der Waals surface area contributed by atoms with Gasteiger partial charge in [0.05, 0.1) is 6.61 Å². The molecule has 0 N–H and O–H groups in total. The van der Waals surface area contributed by atoms with Crippen LogP contribution in [0.5, 0.6) is 0 Å². The molecule has 4 aliphatic heterocycles. The van der Waals surface area contributed by atoms with Crippen molar-refractivity contribution in [1.29, 1.82) is 0 Å². The van der Waals surface area contributed by atoms with Gasteiger partial charge in [-0.1, -0.05) is 35.1 Å². The van der Waals surface area contributed by atoms with Crippen molar-refractivity contribution in [3.8, 4) is 0 Å². The summed E-state index contributed by atoms with van der Waals surface area (Å²) in [4.78, 5) is 10.2. The van der Waals surface area contributed by atoms with Gasteiger partial charge in [-0.25, -0.2) is 0 Å². The van der Waals surface area contributed by atoms with E-state index in [2.05, 4.69) is 117 Å². The van der Waals surface area contributed by atoms with E-state index < -0.39 is 0 Å². The summed E-state index contributed by atoms with van der Waals surface area (Å²) in [6, 6.07) is 0. The van der Waals surface area contributed by atoms with Crippen molar-refractivity contribution in [2.45, 2.75) is 172 Å². The van der Waals surface area contributed by atoms with Gasteiger partial charge in [0, 0.05) is 54.9 Å². The van der Waals surface area contributed by atoms with Gasteiger partial charge in [-0.3, -0.25) is 19.6 Å². The van der Waals surface area contributed by atoms with Crippen molar-refractivity contribution < 1.29 is 4.74 Å². The number of hydrogen-bond donors (Lipinski definition) is 0. The van der Waals surface area contributed by atoms with Crippen LogP contribution in [0, 0.1) is 11.8 Å². The van der Waals surface area contributed by atoms with E-state index in [4.69, 9.17) is 4.74 Å². The quantitative estimate of drug-likeness (QED) is 0.271. The van der Waals surface area contributed by atoms with Crippen molar-refractivity contribution in [3.63, 3.8) is 0 Å². The van der Waals surface area contributed by atoms with Gasteiger partial charge in [0.15, 0.2) is 0 Å². The van der Waals surface area contributed by atoms with Gasteiger partial charge in [-0.2, -0.15) is 0 Å². The Hall–Kier alpha value is -0.200. The Labute approximate surface area is 273 Å². The zero-order valence-electron chi connectivity index (χ0n) is 30.7. The molecule has 4 saturated heterocycles. The van der Waals surface area contributed by atoms with Crippen LogP contribution in [0.3, 0.4) is 0 Å². The second kappa shape index (κ2) is 20.1. The summed E-state index contributed by atoms with van der Waals surface area (Å²) < 4.78 is 5.38. The Balaban J connectivity index is 0. The summed E-state index contributed by atoms with van der Waals surface area (Å²) in [7, 11) is 0. The van der Waals surface area contributed by atoms with E-state index in [0.717, 1.165) is 31.6 Å². The second-order valence-corrected chi connectivity index (χ2v) is 17.4. The molecule has 5 heteroatoms. The number of nitrogens with zero attached hydrogens (tertiary/aromatic N) is 4. The van der Waals surface area contributed by atoms with Gasteiger partial charge in [-0.15, -0.1) is 0 Å². The van der Waals surface area contributed by atoms with Gasteiger partial charge in [-0.05, 0) is 153 Å². The number of likely N-dealkylation sites (tertiary alicyclic amines) is 3. The molecule has 0 saturated carbocycles. The molecule has 4 rings (SSSR count). The summed E-state index contributed by atoms with van der Waals surface area (Å²) in [5.41, 5.74) is 1.51. The highest BCUT2D eigenvalue weighted by atomic mass is 16.5. The van der Waals surface area contributed by atoms with Crippen LogP contribution < -0.4 is 0 Å². The Kier molecular flexibility index (Phi) is 21.0. The Bertz CT molecular complexity index is 654. The molecule has 4 aliphatic rings. The first-order chi connectivity index (χ1) is 18.7. The van der Waals surface area contributed by atoms with Gasteiger partial charge < -0.3 is 4.74 Å². The van der Waals surface area contributed by atoms with Gasteiger partial charge in [0.25, 0.3) is 0 Å². The molecule has 0 atom stereocenters. The second-order valence-electron chi connectivity index (χ2n) is 17.4. The van der Waals surface area contributed by atoms with Crippen LogP contribution in [0.4, 0.5) is 0 Å². The van der Waals surface area contributed by atoms with Gasteiger partial charge in [0.1, 0.15) is 0 Å². The lowest BCUT2D eigenvalue weighted by Gasteiger charge is -2.46. The highest BCUT2D eigenvalue weighted by molar-refractivity contribution is 4.86. The van der Waals surface area contributed by atoms with Crippen molar-refractivity contribution in [2.24, 2.45) is 11.8 Å². The molecular formula is C38H84N4O. The normalized spacial score (nSPS) is 22.5. The van der Waals surface area contributed by atoms with Crippen LogP contribution in [-0.4, -0.2) is 107 Å². The smallest absolute Gasteiger partial charge is 0.0593 e. The van der Waals surface area contributed by atoms with E-state index in [1.165, 1.54) is 84.3 Å². The van der Waals surface area contributed by atoms with E-state index in [1.807, 2.05) is 0 Å². The molecule has 43 heavy (non-hydrogen) atoms.